The van der Waals surface area contributed by atoms with Gasteiger partial charge < -0.3 is 9.47 Å². The Morgan fingerprint density at radius 2 is 1.59 bits per heavy atom. The number of imide groups is 1. The molecule has 8 nitrogen and oxygen atoms in total. The first-order valence-electron chi connectivity index (χ1n) is 12.5. The van der Waals surface area contributed by atoms with Crippen molar-refractivity contribution in [1.29, 1.82) is 0 Å². The number of hydrogen-bond donors (Lipinski definition) is 0. The molecular formula is C30H22ClNO7. The lowest BCUT2D eigenvalue weighted by molar-refractivity contribution is -0.127. The quantitative estimate of drug-likeness (QED) is 0.270. The molecule has 3 atom stereocenters. The summed E-state index contributed by atoms with van der Waals surface area (Å²) in [5, 5.41) is 0.501. The molecule has 2 saturated heterocycles. The van der Waals surface area contributed by atoms with Crippen molar-refractivity contribution in [2.24, 2.45) is 11.8 Å². The fourth-order valence-corrected chi connectivity index (χ4v) is 6.00. The summed E-state index contributed by atoms with van der Waals surface area (Å²) in [6, 6.07) is 17.2. The van der Waals surface area contributed by atoms with Crippen molar-refractivity contribution in [2.45, 2.75) is 25.6 Å². The van der Waals surface area contributed by atoms with Crippen LogP contribution in [0, 0.1) is 18.8 Å². The molecule has 3 aromatic rings. The zero-order valence-corrected chi connectivity index (χ0v) is 21.7. The lowest BCUT2D eigenvalue weighted by Gasteiger charge is -2.27. The maximum Gasteiger partial charge on any atom is 0.338 e. The largest absolute Gasteiger partial charge is 0.462 e. The van der Waals surface area contributed by atoms with E-state index in [1.807, 2.05) is 0 Å². The molecule has 1 spiro atoms. The number of ketones is 2. The first-order chi connectivity index (χ1) is 18.7. The molecule has 0 radical (unpaired) electrons. The Morgan fingerprint density at radius 1 is 0.949 bits per heavy atom. The topological polar surface area (TPSA) is 107 Å². The van der Waals surface area contributed by atoms with Crippen LogP contribution in [0.15, 0.2) is 66.7 Å². The van der Waals surface area contributed by atoms with E-state index >= 15 is 0 Å². The molecule has 9 heteroatoms. The van der Waals surface area contributed by atoms with Gasteiger partial charge >= 0.3 is 5.97 Å². The number of ether oxygens (including phenoxy) is 2. The summed E-state index contributed by atoms with van der Waals surface area (Å²) in [7, 11) is 0. The van der Waals surface area contributed by atoms with Crippen LogP contribution in [0.5, 0.6) is 0 Å². The van der Waals surface area contributed by atoms with Crippen molar-refractivity contribution in [3.05, 3.63) is 99.6 Å². The van der Waals surface area contributed by atoms with Crippen LogP contribution in [0.25, 0.3) is 0 Å². The summed E-state index contributed by atoms with van der Waals surface area (Å²) in [5.41, 5.74) is -0.140. The number of aryl methyl sites for hydroxylation is 1. The van der Waals surface area contributed by atoms with Crippen LogP contribution in [0.1, 0.15) is 55.2 Å². The molecule has 2 fully saturated rings. The standard InChI is InChI=1S/C30H22ClNO7/c1-3-38-29(37)16-8-11-18(12-9-16)32-27(35)22-23(28(32)36)30(25(33)19-6-4-5-7-20(19)26(30)34)39-24(22)17-10-13-21(31)15(2)14-17/h4-14,22-24H,3H2,1-2H3/t22-,23+,24+/m1/s1. The van der Waals surface area contributed by atoms with E-state index in [9.17, 15) is 24.0 Å². The van der Waals surface area contributed by atoms with Gasteiger partial charge in [0.05, 0.1) is 35.8 Å². The summed E-state index contributed by atoms with van der Waals surface area (Å²) in [5.74, 6) is -5.62. The first kappa shape index (κ1) is 25.2. The molecule has 6 rings (SSSR count). The van der Waals surface area contributed by atoms with Crippen LogP contribution in [-0.2, 0) is 19.1 Å². The van der Waals surface area contributed by atoms with Crippen LogP contribution in [0.4, 0.5) is 5.69 Å². The Hall–Kier alpha value is -4.14. The highest BCUT2D eigenvalue weighted by Crippen LogP contribution is 2.57. The highest BCUT2D eigenvalue weighted by atomic mass is 35.5. The van der Waals surface area contributed by atoms with Gasteiger partial charge in [0, 0.05) is 16.1 Å². The van der Waals surface area contributed by atoms with E-state index in [1.54, 1.807) is 44.2 Å². The number of fused-ring (bicyclic) bond motifs is 3. The predicted octanol–water partition coefficient (Wildman–Crippen LogP) is 4.52. The second-order valence-electron chi connectivity index (χ2n) is 9.77. The van der Waals surface area contributed by atoms with E-state index < -0.39 is 52.9 Å². The minimum atomic E-state index is -2.17. The molecule has 2 aliphatic heterocycles. The van der Waals surface area contributed by atoms with Crippen LogP contribution < -0.4 is 4.90 Å². The maximum atomic E-state index is 14.0. The highest BCUT2D eigenvalue weighted by molar-refractivity contribution is 6.37. The second kappa shape index (κ2) is 8.97. The number of carbonyl (C=O) groups is 5. The van der Waals surface area contributed by atoms with Gasteiger partial charge in [0.2, 0.25) is 29.0 Å². The molecule has 3 aliphatic rings. The summed E-state index contributed by atoms with van der Waals surface area (Å²) >= 11 is 6.22. The number of rotatable bonds is 4. The van der Waals surface area contributed by atoms with E-state index in [4.69, 9.17) is 21.1 Å². The van der Waals surface area contributed by atoms with Crippen LogP contribution in [-0.4, -0.2) is 41.6 Å². The Morgan fingerprint density at radius 3 is 2.18 bits per heavy atom. The van der Waals surface area contributed by atoms with Gasteiger partial charge in [-0.25, -0.2) is 9.69 Å². The Bertz CT molecular complexity index is 1560. The summed E-state index contributed by atoms with van der Waals surface area (Å²) in [6.07, 6.45) is -1.05. The van der Waals surface area contributed by atoms with Crippen molar-refractivity contribution >= 4 is 46.6 Å². The molecule has 0 unspecified atom stereocenters. The van der Waals surface area contributed by atoms with Crippen LogP contribution >= 0.6 is 11.6 Å². The van der Waals surface area contributed by atoms with Gasteiger partial charge in [-0.3, -0.25) is 19.2 Å². The second-order valence-corrected chi connectivity index (χ2v) is 10.2. The summed E-state index contributed by atoms with van der Waals surface area (Å²) in [4.78, 5) is 68.8. The average molecular weight is 544 g/mol. The van der Waals surface area contributed by atoms with Gasteiger partial charge in [-0.05, 0) is 55.3 Å². The number of anilines is 1. The minimum absolute atomic E-state index is 0.159. The van der Waals surface area contributed by atoms with Crippen molar-refractivity contribution < 1.29 is 33.4 Å². The Balaban J connectivity index is 1.48. The number of hydrogen-bond acceptors (Lipinski definition) is 7. The van der Waals surface area contributed by atoms with Gasteiger partial charge in [0.15, 0.2) is 0 Å². The molecule has 0 aromatic heterocycles. The molecule has 196 valence electrons. The number of esters is 1. The number of amides is 2. The molecule has 3 aromatic carbocycles. The van der Waals surface area contributed by atoms with Gasteiger partial charge in [-0.15, -0.1) is 0 Å². The maximum absolute atomic E-state index is 14.0. The van der Waals surface area contributed by atoms with Gasteiger partial charge in [0.25, 0.3) is 0 Å². The summed E-state index contributed by atoms with van der Waals surface area (Å²) < 4.78 is 11.3. The first-order valence-corrected chi connectivity index (χ1v) is 12.9. The third-order valence-electron chi connectivity index (χ3n) is 7.67. The summed E-state index contributed by atoms with van der Waals surface area (Å²) in [6.45, 7) is 3.67. The highest BCUT2D eigenvalue weighted by Gasteiger charge is 2.74. The van der Waals surface area contributed by atoms with E-state index in [-0.39, 0.29) is 29.0 Å². The number of nitrogens with zero attached hydrogens (tertiary/aromatic N) is 1. The predicted molar refractivity (Wildman–Crippen MR) is 140 cm³/mol. The molecule has 2 amide bonds. The Kier molecular flexibility index (Phi) is 5.78. The van der Waals surface area contributed by atoms with Gasteiger partial charge in [0.1, 0.15) is 0 Å². The SMILES string of the molecule is CCOC(=O)c1ccc(N2C(=O)[C@@H]3[C@@H](C2=O)C2(O[C@H]3c3ccc(Cl)c(C)c3)C(=O)c3ccccc3C2=O)cc1. The fourth-order valence-electron chi connectivity index (χ4n) is 5.88. The smallest absolute Gasteiger partial charge is 0.338 e. The molecule has 2 heterocycles. The lowest BCUT2D eigenvalue weighted by atomic mass is 9.77. The van der Waals surface area contributed by atoms with E-state index in [2.05, 4.69) is 0 Å². The monoisotopic (exact) mass is 543 g/mol. The molecule has 39 heavy (non-hydrogen) atoms. The average Bonchev–Trinajstić information content (AvgIpc) is 3.50. The van der Waals surface area contributed by atoms with E-state index in [1.165, 1.54) is 36.4 Å². The van der Waals surface area contributed by atoms with Crippen molar-refractivity contribution in [1.82, 2.24) is 0 Å². The normalized spacial score (nSPS) is 22.9. The third-order valence-corrected chi connectivity index (χ3v) is 8.09. The van der Waals surface area contributed by atoms with Crippen LogP contribution in [0.2, 0.25) is 5.02 Å². The fraction of sp³-hybridized carbons (Fsp3) is 0.233. The van der Waals surface area contributed by atoms with Crippen molar-refractivity contribution in [3.8, 4) is 0 Å². The minimum Gasteiger partial charge on any atom is -0.462 e. The van der Waals surface area contributed by atoms with Gasteiger partial charge in [-0.2, -0.15) is 0 Å². The van der Waals surface area contributed by atoms with Crippen LogP contribution in [0.3, 0.4) is 0 Å². The third kappa shape index (κ3) is 3.45. The lowest BCUT2D eigenvalue weighted by Crippen LogP contribution is -2.51. The van der Waals surface area contributed by atoms with E-state index in [0.29, 0.717) is 16.1 Å². The Labute approximate surface area is 228 Å². The molecule has 0 bridgehead atoms. The van der Waals surface area contributed by atoms with Gasteiger partial charge in [-0.1, -0.05) is 48.0 Å². The molecular weight excluding hydrogens is 522 g/mol. The van der Waals surface area contributed by atoms with E-state index in [0.717, 1.165) is 4.90 Å². The number of carbonyl (C=O) groups excluding carboxylic acids is 5. The molecule has 1 aliphatic carbocycles. The number of benzene rings is 3. The van der Waals surface area contributed by atoms with Crippen molar-refractivity contribution in [3.63, 3.8) is 0 Å². The molecule has 0 saturated carbocycles. The number of halogens is 1. The zero-order chi connectivity index (χ0) is 27.6. The number of Topliss-reactive ketones (excluding diaryl/α,β-unsaturated/α-hetero) is 2. The molecule has 0 N–H and O–H groups in total. The zero-order valence-electron chi connectivity index (χ0n) is 21.0. The van der Waals surface area contributed by atoms with Crippen molar-refractivity contribution in [2.75, 3.05) is 11.5 Å².